The van der Waals surface area contributed by atoms with Crippen molar-refractivity contribution in [1.82, 2.24) is 0 Å². The number of halogens is 4. The van der Waals surface area contributed by atoms with Gasteiger partial charge in [-0.15, -0.1) is 44.3 Å². The molecule has 0 aliphatic heterocycles. The van der Waals surface area contributed by atoms with Crippen LogP contribution in [-0.4, -0.2) is 31.5 Å². The molecule has 0 bridgehead atoms. The number of hydrogen-bond donors (Lipinski definition) is 2. The summed E-state index contributed by atoms with van der Waals surface area (Å²) < 4.78 is 0. The fourth-order valence-electron chi connectivity index (χ4n) is 1.46. The lowest BCUT2D eigenvalue weighted by molar-refractivity contribution is 0.368. The number of rotatable bonds is 8. The smallest absolute Gasteiger partial charge is 0.329 e. The first-order valence-corrected chi connectivity index (χ1v) is 17.4. The minimum atomic E-state index is -2.95. The third kappa shape index (κ3) is 14.0. The predicted octanol–water partition coefficient (Wildman–Crippen LogP) is 4.29. The SMILES string of the molecule is C[Si](O)(O)CCC[Si](Cl)(Cl)CCC[Si](C)(Cl)Cl. The molecule has 0 heterocycles. The van der Waals surface area contributed by atoms with Crippen LogP contribution in [0.4, 0.5) is 0 Å². The molecule has 9 heteroatoms. The highest BCUT2D eigenvalue weighted by Gasteiger charge is 2.31. The van der Waals surface area contributed by atoms with Gasteiger partial charge in [-0.2, -0.15) is 0 Å². The Morgan fingerprint density at radius 3 is 1.53 bits per heavy atom. The Hall–Kier alpha value is 1.73. The maximum absolute atomic E-state index is 9.29. The summed E-state index contributed by atoms with van der Waals surface area (Å²) in [6, 6.07) is 2.70. The van der Waals surface area contributed by atoms with Crippen molar-refractivity contribution in [2.24, 2.45) is 0 Å². The molecule has 0 amide bonds. The van der Waals surface area contributed by atoms with Crippen LogP contribution < -0.4 is 0 Å². The molecule has 2 N–H and O–H groups in total. The fourth-order valence-corrected chi connectivity index (χ4v) is 7.86. The Morgan fingerprint density at radius 2 is 1.18 bits per heavy atom. The van der Waals surface area contributed by atoms with Gasteiger partial charge in [0.05, 0.1) is 0 Å². The van der Waals surface area contributed by atoms with Crippen molar-refractivity contribution < 1.29 is 9.59 Å². The van der Waals surface area contributed by atoms with Gasteiger partial charge in [0.25, 0.3) is 6.69 Å². The van der Waals surface area contributed by atoms with Gasteiger partial charge >= 0.3 is 8.56 Å². The lowest BCUT2D eigenvalue weighted by Gasteiger charge is -2.19. The highest BCUT2D eigenvalue weighted by atomic mass is 35.7. The average molecular weight is 374 g/mol. The minimum Gasteiger partial charge on any atom is -0.411 e. The third-order valence-corrected chi connectivity index (χ3v) is 10.5. The minimum absolute atomic E-state index is 0.429. The van der Waals surface area contributed by atoms with Crippen LogP contribution >= 0.6 is 44.3 Å². The Balaban J connectivity index is 3.81. The van der Waals surface area contributed by atoms with E-state index < -0.39 is 21.9 Å². The molecule has 0 aliphatic carbocycles. The Morgan fingerprint density at radius 1 is 0.765 bits per heavy atom. The van der Waals surface area contributed by atoms with Crippen LogP contribution in [0.1, 0.15) is 12.8 Å². The quantitative estimate of drug-likeness (QED) is 0.492. The molecule has 0 aromatic carbocycles. The van der Waals surface area contributed by atoms with Gasteiger partial charge in [-0.3, -0.25) is 0 Å². The van der Waals surface area contributed by atoms with Crippen molar-refractivity contribution in [3.8, 4) is 0 Å². The van der Waals surface area contributed by atoms with Crippen molar-refractivity contribution >= 4 is 66.3 Å². The van der Waals surface area contributed by atoms with Gasteiger partial charge < -0.3 is 9.59 Å². The maximum Gasteiger partial charge on any atom is 0.329 e. The van der Waals surface area contributed by atoms with Crippen LogP contribution in [0, 0.1) is 0 Å². The van der Waals surface area contributed by atoms with E-state index in [-0.39, 0.29) is 0 Å². The fraction of sp³-hybridized carbons (Fsp3) is 1.00. The van der Waals surface area contributed by atoms with E-state index in [1.807, 2.05) is 6.55 Å². The van der Waals surface area contributed by atoms with E-state index in [4.69, 9.17) is 44.3 Å². The summed E-state index contributed by atoms with van der Waals surface area (Å²) in [5, 5.41) is 0. The standard InChI is InChI=1S/C8H20Cl4O2Si3/c1-15(9,10)5-3-7-17(11,12)8-4-6-16(2,13)14/h13-14H,3-8H2,1-2H3. The van der Waals surface area contributed by atoms with Gasteiger partial charge in [0.2, 0.25) is 6.69 Å². The summed E-state index contributed by atoms with van der Waals surface area (Å²) >= 11 is 24.6. The van der Waals surface area contributed by atoms with Gasteiger partial charge in [-0.1, -0.05) is 12.8 Å². The molecule has 0 saturated heterocycles. The lowest BCUT2D eigenvalue weighted by atomic mass is 10.6. The van der Waals surface area contributed by atoms with E-state index in [0.717, 1.165) is 18.5 Å². The van der Waals surface area contributed by atoms with Crippen LogP contribution in [0.5, 0.6) is 0 Å². The Kier molecular flexibility index (Phi) is 8.26. The first-order valence-electron chi connectivity index (χ1n) is 5.62. The Bertz CT molecular complexity index is 206. The van der Waals surface area contributed by atoms with Crippen molar-refractivity contribution in [2.75, 3.05) is 0 Å². The molecule has 0 fully saturated rings. The first-order chi connectivity index (χ1) is 7.41. The van der Waals surface area contributed by atoms with Crippen molar-refractivity contribution in [3.63, 3.8) is 0 Å². The summed E-state index contributed by atoms with van der Waals surface area (Å²) in [7, 11) is -2.95. The molecular weight excluding hydrogens is 354 g/mol. The van der Waals surface area contributed by atoms with Gasteiger partial charge in [0.15, 0.2) is 0 Å². The molecular formula is C8H20Cl4O2Si3. The predicted molar refractivity (Wildman–Crippen MR) is 85.3 cm³/mol. The molecule has 0 aromatic rings. The van der Waals surface area contributed by atoms with Crippen LogP contribution in [0.2, 0.25) is 37.3 Å². The molecule has 0 atom stereocenters. The van der Waals surface area contributed by atoms with Gasteiger partial charge in [0, 0.05) is 0 Å². The molecule has 0 saturated carbocycles. The average Bonchev–Trinajstić information content (AvgIpc) is 1.96. The normalized spacial score (nSPS) is 14.1. The van der Waals surface area contributed by atoms with E-state index in [2.05, 4.69) is 0 Å². The summed E-state index contributed by atoms with van der Waals surface area (Å²) in [5.41, 5.74) is 0. The number of hydrogen-bond acceptors (Lipinski definition) is 2. The highest BCUT2D eigenvalue weighted by molar-refractivity contribution is 7.46. The molecule has 2 nitrogen and oxygen atoms in total. The zero-order chi connectivity index (χ0) is 13.7. The molecule has 0 unspecified atom stereocenters. The van der Waals surface area contributed by atoms with Crippen LogP contribution in [0.3, 0.4) is 0 Å². The molecule has 0 aliphatic rings. The second kappa shape index (κ2) is 7.50. The van der Waals surface area contributed by atoms with Crippen LogP contribution in [-0.2, 0) is 0 Å². The van der Waals surface area contributed by atoms with E-state index in [9.17, 15) is 9.59 Å². The van der Waals surface area contributed by atoms with E-state index in [1.165, 1.54) is 6.55 Å². The van der Waals surface area contributed by atoms with E-state index in [0.29, 0.717) is 18.5 Å². The van der Waals surface area contributed by atoms with Crippen molar-refractivity contribution in [1.29, 1.82) is 0 Å². The van der Waals surface area contributed by atoms with Gasteiger partial charge in [-0.05, 0) is 37.3 Å². The molecule has 0 radical (unpaired) electrons. The Labute approximate surface area is 125 Å². The van der Waals surface area contributed by atoms with E-state index in [1.54, 1.807) is 0 Å². The second-order valence-electron chi connectivity index (χ2n) is 4.85. The zero-order valence-corrected chi connectivity index (χ0v) is 16.2. The second-order valence-corrected chi connectivity index (χ2v) is 23.6. The topological polar surface area (TPSA) is 40.5 Å². The summed E-state index contributed by atoms with van der Waals surface area (Å²) in [5.74, 6) is 0. The molecule has 104 valence electrons. The third-order valence-electron chi connectivity index (χ3n) is 2.35. The highest BCUT2D eigenvalue weighted by Crippen LogP contribution is 2.33. The van der Waals surface area contributed by atoms with Gasteiger partial charge in [-0.25, -0.2) is 0 Å². The first kappa shape index (κ1) is 18.7. The van der Waals surface area contributed by atoms with Gasteiger partial charge in [0.1, 0.15) is 0 Å². The van der Waals surface area contributed by atoms with Crippen molar-refractivity contribution in [3.05, 3.63) is 0 Å². The molecule has 0 spiro atoms. The molecule has 0 rings (SSSR count). The summed E-state index contributed by atoms with van der Waals surface area (Å²) in [6.07, 6.45) is 1.55. The summed E-state index contributed by atoms with van der Waals surface area (Å²) in [6.45, 7) is -0.913. The van der Waals surface area contributed by atoms with Crippen LogP contribution in [0.25, 0.3) is 0 Å². The van der Waals surface area contributed by atoms with E-state index >= 15 is 0 Å². The summed E-state index contributed by atoms with van der Waals surface area (Å²) in [4.78, 5) is 18.6. The van der Waals surface area contributed by atoms with Crippen LogP contribution in [0.15, 0.2) is 0 Å². The van der Waals surface area contributed by atoms with Crippen molar-refractivity contribution in [2.45, 2.75) is 50.1 Å². The molecule has 0 aromatic heterocycles. The zero-order valence-electron chi connectivity index (χ0n) is 10.1. The largest absolute Gasteiger partial charge is 0.411 e. The lowest BCUT2D eigenvalue weighted by Crippen LogP contribution is -2.30. The molecule has 17 heavy (non-hydrogen) atoms. The maximum atomic E-state index is 9.29. The monoisotopic (exact) mass is 372 g/mol.